The van der Waals surface area contributed by atoms with Crippen LogP contribution in [0.15, 0.2) is 91.0 Å². The van der Waals surface area contributed by atoms with Crippen molar-refractivity contribution < 1.29 is 47.3 Å². The van der Waals surface area contributed by atoms with Crippen molar-refractivity contribution in [2.45, 2.75) is 20.8 Å². The van der Waals surface area contributed by atoms with Gasteiger partial charge < -0.3 is 49.7 Å². The zero-order chi connectivity index (χ0) is 48.5. The van der Waals surface area contributed by atoms with Crippen LogP contribution in [-0.4, -0.2) is 33.2 Å². The normalized spacial score (nSPS) is 9.71. The molecule has 0 radical (unpaired) electrons. The van der Waals surface area contributed by atoms with Crippen LogP contribution in [0.5, 0.6) is 0 Å². The molecule has 0 atom stereocenters. The number of carbonyl (C=O) groups is 3. The number of nitrogens with two attached hydrogens (primary N) is 6. The first-order valence-electron chi connectivity index (χ1n) is 17.2. The van der Waals surface area contributed by atoms with Gasteiger partial charge in [0.05, 0.1) is 16.1 Å². The van der Waals surface area contributed by atoms with E-state index in [4.69, 9.17) is 72.9 Å². The van der Waals surface area contributed by atoms with Gasteiger partial charge >= 0.3 is 17.9 Å². The van der Waals surface area contributed by atoms with Gasteiger partial charge in [0, 0.05) is 55.4 Å². The van der Waals surface area contributed by atoms with Gasteiger partial charge in [-0.15, -0.1) is 0 Å². The summed E-state index contributed by atoms with van der Waals surface area (Å²) in [6.07, 6.45) is 0. The number of carboxylic acids is 3. The van der Waals surface area contributed by atoms with E-state index in [1.165, 1.54) is 48.5 Å². The van der Waals surface area contributed by atoms with Gasteiger partial charge in [-0.2, -0.15) is 0 Å². The first-order valence-corrected chi connectivity index (χ1v) is 21.1. The minimum Gasteiger partial charge on any atom is -0.478 e. The summed E-state index contributed by atoms with van der Waals surface area (Å²) in [6.45, 7) is 5.45. The van der Waals surface area contributed by atoms with Crippen molar-refractivity contribution in [2.75, 3.05) is 34.4 Å². The third kappa shape index (κ3) is 18.7. The average Bonchev–Trinajstić information content (AvgIpc) is 3.19. The molecule has 0 aliphatic heterocycles. The maximum Gasteiger partial charge on any atom is 0.340 e. The number of rotatable bonds is 3. The Balaban J connectivity index is 0.000000380. The number of hydrogen-bond acceptors (Lipinski definition) is 9. The molecule has 21 heteroatoms. The number of aryl methyl sites for hydroxylation is 2. The summed E-state index contributed by atoms with van der Waals surface area (Å²) in [5.41, 5.74) is 36.2. The van der Waals surface area contributed by atoms with Crippen LogP contribution >= 0.6 is 91.0 Å². The van der Waals surface area contributed by atoms with E-state index >= 15 is 0 Å². The van der Waals surface area contributed by atoms with Crippen molar-refractivity contribution in [2.24, 2.45) is 0 Å². The topological polar surface area (TPSA) is 268 Å². The van der Waals surface area contributed by atoms with Gasteiger partial charge in [0.1, 0.15) is 23.0 Å². The number of anilines is 6. The Morgan fingerprint density at radius 3 is 1.44 bits per heavy atom. The summed E-state index contributed by atoms with van der Waals surface area (Å²) in [4.78, 5) is 31.5. The molecule has 0 saturated heterocycles. The zero-order valence-corrected chi connectivity index (χ0v) is 41.1. The Morgan fingerprint density at radius 2 is 1.02 bits per heavy atom. The quantitative estimate of drug-likeness (QED) is 0.0455. The fourth-order valence-corrected chi connectivity index (χ4v) is 5.86. The highest BCUT2D eigenvalue weighted by atomic mass is 127. The summed E-state index contributed by atoms with van der Waals surface area (Å²) >= 11 is 16.7. The van der Waals surface area contributed by atoms with E-state index in [0.29, 0.717) is 30.6 Å². The largest absolute Gasteiger partial charge is 0.478 e. The van der Waals surface area contributed by atoms with Gasteiger partial charge in [0.25, 0.3) is 0 Å². The van der Waals surface area contributed by atoms with Crippen LogP contribution in [0.25, 0.3) is 0 Å². The van der Waals surface area contributed by atoms with Crippen LogP contribution in [0.3, 0.4) is 0 Å². The number of aromatic carboxylic acids is 3. The van der Waals surface area contributed by atoms with Crippen LogP contribution < -0.4 is 34.4 Å². The number of benzene rings is 6. The van der Waals surface area contributed by atoms with Crippen molar-refractivity contribution in [1.29, 1.82) is 0 Å². The molecule has 12 nitrogen and oxygen atoms in total. The van der Waals surface area contributed by atoms with E-state index in [-0.39, 0.29) is 47.0 Å². The SMILES string of the molecule is Cc1c(N)cccc1F.Cc1ccc(Cl)cc1N.Cc1ccc(F)cc1N.Nc1cc(Cl)c(I)cc1C(=O)O.Nc1cc(F)c(I)cc1C(=O)O.Nc1ccc(I)c(F)c1C(=O)O. The van der Waals surface area contributed by atoms with E-state index in [1.807, 2.05) is 48.6 Å². The monoisotopic (exact) mass is 1250 g/mol. The number of halogens is 9. The van der Waals surface area contributed by atoms with Crippen LogP contribution in [-0.2, 0) is 0 Å². The molecule has 0 amide bonds. The van der Waals surface area contributed by atoms with E-state index < -0.39 is 35.1 Å². The minimum atomic E-state index is -1.34. The standard InChI is InChI=1S/C7H5ClINO2.C7H8ClN.2C7H5FINO2.2C7H8FN/c8-4-2-6(10)3(7(11)12)1-5(4)9;1-5-2-3-6(8)4-7(5)9;8-4-2-6(10)3(7(11)12)1-5(4)9;8-6-3(9)1-2-4(10)5(6)7(11)12;1-5-2-3-6(8)4-7(5)9;1-5-6(8)3-2-4-7(5)9/h1-2H,10H2,(H,11,12);2-4H,9H2,1H3;2*1-2H,10H2,(H,11,12);2*2-4H,9H2,1H3. The molecule has 0 unspecified atom stereocenters. The van der Waals surface area contributed by atoms with Crippen molar-refractivity contribution >= 4 is 143 Å². The molecule has 0 aromatic heterocycles. The summed E-state index contributed by atoms with van der Waals surface area (Å²) in [5.74, 6) is -5.33. The molecule has 0 aliphatic rings. The van der Waals surface area contributed by atoms with Gasteiger partial charge in [0.2, 0.25) is 0 Å². The summed E-state index contributed by atoms with van der Waals surface area (Å²) in [6, 6.07) is 22.4. The molecule has 15 N–H and O–H groups in total. The van der Waals surface area contributed by atoms with E-state index in [0.717, 1.165) is 22.9 Å². The second-order valence-corrected chi connectivity index (χ2v) is 16.7. The lowest BCUT2D eigenvalue weighted by molar-refractivity contribution is 0.0683. The minimum absolute atomic E-state index is 0.0552. The number of nitrogen functional groups attached to an aromatic ring is 6. The molecule has 0 fully saturated rings. The highest BCUT2D eigenvalue weighted by molar-refractivity contribution is 14.1. The van der Waals surface area contributed by atoms with Gasteiger partial charge in [0.15, 0.2) is 5.82 Å². The smallest absolute Gasteiger partial charge is 0.340 e. The van der Waals surface area contributed by atoms with Crippen molar-refractivity contribution in [3.63, 3.8) is 0 Å². The van der Waals surface area contributed by atoms with E-state index in [1.54, 1.807) is 76.4 Å². The van der Waals surface area contributed by atoms with Gasteiger partial charge in [-0.25, -0.2) is 31.9 Å². The summed E-state index contributed by atoms with van der Waals surface area (Å²) in [5, 5.41) is 26.9. The fraction of sp³-hybridized carbons (Fsp3) is 0.0714. The third-order valence-corrected chi connectivity index (χ3v) is 11.2. The van der Waals surface area contributed by atoms with Crippen LogP contribution in [0, 0.1) is 54.8 Å². The lowest BCUT2D eigenvalue weighted by Crippen LogP contribution is -2.06. The Kier molecular flexibility index (Phi) is 23.7. The Hall–Kier alpha value is -4.98. The Morgan fingerprint density at radius 1 is 0.508 bits per heavy atom. The zero-order valence-electron chi connectivity index (χ0n) is 33.1. The fourth-order valence-electron chi connectivity index (χ4n) is 4.12. The molecule has 0 saturated carbocycles. The molecular weight excluding hydrogens is 1210 g/mol. The van der Waals surface area contributed by atoms with E-state index in [2.05, 4.69) is 0 Å². The van der Waals surface area contributed by atoms with Gasteiger partial charge in [-0.3, -0.25) is 0 Å². The first kappa shape index (κ1) is 56.0. The van der Waals surface area contributed by atoms with Crippen LogP contribution in [0.2, 0.25) is 10.0 Å². The predicted molar refractivity (Wildman–Crippen MR) is 268 cm³/mol. The highest BCUT2D eigenvalue weighted by Gasteiger charge is 2.16. The second kappa shape index (κ2) is 26.6. The van der Waals surface area contributed by atoms with Crippen molar-refractivity contribution in [3.05, 3.63) is 168 Å². The van der Waals surface area contributed by atoms with E-state index in [9.17, 15) is 31.9 Å². The maximum atomic E-state index is 13.0. The first-order chi connectivity index (χ1) is 29.2. The predicted octanol–water partition coefficient (Wildman–Crippen LogP) is 11.3. The molecule has 6 aromatic carbocycles. The Bertz CT molecular complexity index is 2460. The highest BCUT2D eigenvalue weighted by Crippen LogP contribution is 2.25. The average molecular weight is 1250 g/mol. The van der Waals surface area contributed by atoms with Crippen molar-refractivity contribution in [3.8, 4) is 0 Å². The number of hydrogen-bond donors (Lipinski definition) is 9. The number of carboxylic acid groups (broad SMARTS) is 3. The molecule has 0 bridgehead atoms. The molecule has 6 rings (SSSR count). The molecule has 63 heavy (non-hydrogen) atoms. The molecule has 0 heterocycles. The van der Waals surface area contributed by atoms with Gasteiger partial charge in [-0.1, -0.05) is 41.4 Å². The second-order valence-electron chi connectivity index (χ2n) is 12.4. The summed E-state index contributed by atoms with van der Waals surface area (Å²) < 4.78 is 51.7. The molecule has 0 aliphatic carbocycles. The molecule has 336 valence electrons. The third-order valence-electron chi connectivity index (χ3n) is 7.78. The molecule has 6 aromatic rings. The lowest BCUT2D eigenvalue weighted by atomic mass is 10.2. The maximum absolute atomic E-state index is 13.0. The van der Waals surface area contributed by atoms with Gasteiger partial charge in [-0.05, 0) is 172 Å². The summed E-state index contributed by atoms with van der Waals surface area (Å²) in [7, 11) is 0. The molecular formula is C42H39Cl2F4I3N6O6. The van der Waals surface area contributed by atoms with Crippen LogP contribution in [0.1, 0.15) is 47.8 Å². The van der Waals surface area contributed by atoms with Crippen LogP contribution in [0.4, 0.5) is 51.7 Å². The lowest BCUT2D eigenvalue weighted by Gasteiger charge is -2.02. The Labute approximate surface area is 410 Å². The van der Waals surface area contributed by atoms with Crippen molar-refractivity contribution in [1.82, 2.24) is 0 Å². The molecule has 0 spiro atoms.